The molecule has 0 bridgehead atoms. The summed E-state index contributed by atoms with van der Waals surface area (Å²) in [6, 6.07) is 17.0. The summed E-state index contributed by atoms with van der Waals surface area (Å²) in [5.41, 5.74) is 2.19. The van der Waals surface area contributed by atoms with E-state index in [0.29, 0.717) is 16.4 Å². The summed E-state index contributed by atoms with van der Waals surface area (Å²) in [5.74, 6) is 0.0775. The highest BCUT2D eigenvalue weighted by molar-refractivity contribution is 8.18. The summed E-state index contributed by atoms with van der Waals surface area (Å²) in [6.07, 6.45) is 6.36. The Labute approximate surface area is 187 Å². The molecule has 2 aliphatic rings. The highest BCUT2D eigenvalue weighted by Crippen LogP contribution is 2.40. The van der Waals surface area contributed by atoms with Crippen LogP contribution < -0.4 is 0 Å². The number of amidine groups is 1. The molecule has 1 heterocycles. The normalized spacial score (nSPS) is 24.1. The van der Waals surface area contributed by atoms with Crippen LogP contribution in [0.5, 0.6) is 0 Å². The quantitative estimate of drug-likeness (QED) is 0.460. The lowest BCUT2D eigenvalue weighted by atomic mass is 9.85. The van der Waals surface area contributed by atoms with Crippen LogP contribution in [0, 0.1) is 5.92 Å². The Bertz CT molecular complexity index is 1010. The van der Waals surface area contributed by atoms with Crippen LogP contribution in [0.25, 0.3) is 6.08 Å². The van der Waals surface area contributed by atoms with E-state index in [4.69, 9.17) is 9.73 Å². The van der Waals surface area contributed by atoms with Crippen molar-refractivity contribution in [2.45, 2.75) is 38.6 Å². The van der Waals surface area contributed by atoms with E-state index < -0.39 is 0 Å². The van der Waals surface area contributed by atoms with Crippen LogP contribution in [0.2, 0.25) is 0 Å². The molecule has 2 fully saturated rings. The maximum Gasteiger partial charge on any atom is 0.337 e. The Kier molecular flexibility index (Phi) is 6.56. The van der Waals surface area contributed by atoms with Crippen LogP contribution in [0.1, 0.15) is 48.5 Å². The molecule has 0 aromatic heterocycles. The number of ether oxygens (including phenoxy) is 1. The minimum absolute atomic E-state index is 0.00970. The zero-order valence-corrected chi connectivity index (χ0v) is 18.6. The van der Waals surface area contributed by atoms with Gasteiger partial charge >= 0.3 is 5.97 Å². The Morgan fingerprint density at radius 3 is 2.48 bits per heavy atom. The van der Waals surface area contributed by atoms with Crippen molar-refractivity contribution in [3.63, 3.8) is 0 Å². The van der Waals surface area contributed by atoms with E-state index in [1.165, 1.54) is 25.3 Å². The molecule has 1 saturated carbocycles. The standard InChI is InChI=1S/C25H26N2O3S/c1-17-8-6-7-11-21(17)27-23(28)22(31-25(27)26-20-9-4-3-5-10-20)16-18-12-14-19(15-13-18)24(29)30-2/h3-5,9-10,12-17,21H,6-8,11H2,1-2H3/b22-16-,26-25?/t17-,21+/m1/s1. The lowest BCUT2D eigenvalue weighted by molar-refractivity contribution is -0.124. The van der Waals surface area contributed by atoms with Gasteiger partial charge in [0.25, 0.3) is 5.91 Å². The molecule has 31 heavy (non-hydrogen) atoms. The summed E-state index contributed by atoms with van der Waals surface area (Å²) in [7, 11) is 1.36. The molecule has 1 aliphatic carbocycles. The molecule has 160 valence electrons. The Morgan fingerprint density at radius 2 is 1.81 bits per heavy atom. The van der Waals surface area contributed by atoms with Gasteiger partial charge in [0, 0.05) is 6.04 Å². The molecule has 1 saturated heterocycles. The van der Waals surface area contributed by atoms with E-state index in [9.17, 15) is 9.59 Å². The molecule has 0 spiro atoms. The smallest absolute Gasteiger partial charge is 0.337 e. The first-order valence-electron chi connectivity index (χ1n) is 10.6. The van der Waals surface area contributed by atoms with Crippen molar-refractivity contribution in [2.75, 3.05) is 7.11 Å². The lowest BCUT2D eigenvalue weighted by Crippen LogP contribution is -2.44. The number of para-hydroxylation sites is 1. The lowest BCUT2D eigenvalue weighted by Gasteiger charge is -2.35. The number of amides is 1. The van der Waals surface area contributed by atoms with Gasteiger partial charge in [-0.2, -0.15) is 0 Å². The third-order valence-corrected chi connectivity index (χ3v) is 6.83. The maximum absolute atomic E-state index is 13.5. The topological polar surface area (TPSA) is 59.0 Å². The molecule has 6 heteroatoms. The number of benzene rings is 2. The van der Waals surface area contributed by atoms with Crippen molar-refractivity contribution in [3.05, 3.63) is 70.6 Å². The van der Waals surface area contributed by atoms with Crippen molar-refractivity contribution in [1.29, 1.82) is 0 Å². The average Bonchev–Trinajstić information content (AvgIpc) is 3.09. The number of carbonyl (C=O) groups is 2. The van der Waals surface area contributed by atoms with Gasteiger partial charge in [0.15, 0.2) is 5.17 Å². The van der Waals surface area contributed by atoms with Crippen LogP contribution in [-0.4, -0.2) is 35.1 Å². The predicted molar refractivity (Wildman–Crippen MR) is 125 cm³/mol. The first-order chi connectivity index (χ1) is 15.1. The summed E-state index contributed by atoms with van der Waals surface area (Å²) >= 11 is 1.42. The molecule has 4 rings (SSSR count). The van der Waals surface area contributed by atoms with Crippen molar-refractivity contribution in [3.8, 4) is 0 Å². The number of esters is 1. The van der Waals surface area contributed by atoms with Gasteiger partial charge < -0.3 is 4.74 Å². The molecular weight excluding hydrogens is 408 g/mol. The first-order valence-corrected chi connectivity index (χ1v) is 11.4. The summed E-state index contributed by atoms with van der Waals surface area (Å²) in [4.78, 5) is 32.5. The number of aliphatic imine (C=N–C) groups is 1. The van der Waals surface area contributed by atoms with E-state index in [0.717, 1.165) is 35.7 Å². The van der Waals surface area contributed by atoms with E-state index in [1.54, 1.807) is 12.1 Å². The van der Waals surface area contributed by atoms with Crippen LogP contribution in [-0.2, 0) is 9.53 Å². The molecule has 0 radical (unpaired) electrons. The van der Waals surface area contributed by atoms with Gasteiger partial charge in [0.05, 0.1) is 23.3 Å². The maximum atomic E-state index is 13.5. The van der Waals surface area contributed by atoms with E-state index in [1.807, 2.05) is 53.4 Å². The third-order valence-electron chi connectivity index (χ3n) is 5.85. The molecule has 2 atom stereocenters. The summed E-state index contributed by atoms with van der Waals surface area (Å²) in [6.45, 7) is 2.23. The second-order valence-electron chi connectivity index (χ2n) is 7.96. The minimum atomic E-state index is -0.375. The van der Waals surface area contributed by atoms with Crippen molar-refractivity contribution in [2.24, 2.45) is 10.9 Å². The predicted octanol–water partition coefficient (Wildman–Crippen LogP) is 5.66. The summed E-state index contributed by atoms with van der Waals surface area (Å²) in [5, 5.41) is 0.743. The van der Waals surface area contributed by atoms with E-state index in [-0.39, 0.29) is 17.9 Å². The SMILES string of the molecule is COC(=O)c1ccc(/C=C2\SC(=Nc3ccccc3)N([C@H]3CCCC[C@H]3C)C2=O)cc1. The molecule has 5 nitrogen and oxygen atoms in total. The molecule has 0 unspecified atom stereocenters. The fourth-order valence-electron chi connectivity index (χ4n) is 4.14. The molecular formula is C25H26N2O3S. The zero-order valence-electron chi connectivity index (χ0n) is 17.8. The highest BCUT2D eigenvalue weighted by atomic mass is 32.2. The van der Waals surface area contributed by atoms with Crippen molar-refractivity contribution >= 4 is 40.6 Å². The van der Waals surface area contributed by atoms with Crippen LogP contribution in [0.4, 0.5) is 5.69 Å². The van der Waals surface area contributed by atoms with E-state index >= 15 is 0 Å². The molecule has 2 aromatic carbocycles. The second kappa shape index (κ2) is 9.52. The number of methoxy groups -OCH3 is 1. The fraction of sp³-hybridized carbons (Fsp3) is 0.320. The van der Waals surface area contributed by atoms with Crippen LogP contribution in [0.3, 0.4) is 0 Å². The van der Waals surface area contributed by atoms with Gasteiger partial charge in [0.2, 0.25) is 0 Å². The largest absolute Gasteiger partial charge is 0.465 e. The average molecular weight is 435 g/mol. The van der Waals surface area contributed by atoms with Crippen LogP contribution in [0.15, 0.2) is 64.5 Å². The highest BCUT2D eigenvalue weighted by Gasteiger charge is 2.41. The molecule has 0 N–H and O–H groups in total. The number of thioether (sulfide) groups is 1. The number of nitrogens with zero attached hydrogens (tertiary/aromatic N) is 2. The third kappa shape index (κ3) is 4.74. The van der Waals surface area contributed by atoms with Gasteiger partial charge in [-0.1, -0.05) is 50.1 Å². The first kappa shape index (κ1) is 21.4. The molecule has 2 aromatic rings. The van der Waals surface area contributed by atoms with Gasteiger partial charge in [-0.3, -0.25) is 9.69 Å². The van der Waals surface area contributed by atoms with Crippen LogP contribution >= 0.6 is 11.8 Å². The van der Waals surface area contributed by atoms with E-state index in [2.05, 4.69) is 6.92 Å². The van der Waals surface area contributed by atoms with Crippen molar-refractivity contribution in [1.82, 2.24) is 4.90 Å². The van der Waals surface area contributed by atoms with Gasteiger partial charge in [0.1, 0.15) is 0 Å². The Hall–Kier alpha value is -2.86. The number of hydrogen-bond acceptors (Lipinski definition) is 5. The summed E-state index contributed by atoms with van der Waals surface area (Å²) < 4.78 is 4.75. The minimum Gasteiger partial charge on any atom is -0.465 e. The number of hydrogen-bond donors (Lipinski definition) is 0. The molecule has 1 aliphatic heterocycles. The number of rotatable bonds is 4. The van der Waals surface area contributed by atoms with Crippen molar-refractivity contribution < 1.29 is 14.3 Å². The molecule has 1 amide bonds. The monoisotopic (exact) mass is 434 g/mol. The Balaban J connectivity index is 1.67. The fourth-order valence-corrected chi connectivity index (χ4v) is 5.18. The van der Waals surface area contributed by atoms with Gasteiger partial charge in [-0.15, -0.1) is 0 Å². The number of carbonyl (C=O) groups excluding carboxylic acids is 2. The van der Waals surface area contributed by atoms with Gasteiger partial charge in [-0.25, -0.2) is 9.79 Å². The zero-order chi connectivity index (χ0) is 21.8. The second-order valence-corrected chi connectivity index (χ2v) is 8.97. The van der Waals surface area contributed by atoms with Gasteiger partial charge in [-0.05, 0) is 66.4 Å². The Morgan fingerprint density at radius 1 is 1.10 bits per heavy atom.